The Kier molecular flexibility index (Phi) is 10.4. The predicted octanol–water partition coefficient (Wildman–Crippen LogP) is 4.86. The number of amides is 2. The number of piperidine rings is 1. The largest absolute Gasteiger partial charge is 0.490 e. The molecule has 1 saturated heterocycles. The lowest BCUT2D eigenvalue weighted by Crippen LogP contribution is -2.34. The van der Waals surface area contributed by atoms with E-state index in [0.29, 0.717) is 59.7 Å². The Morgan fingerprint density at radius 2 is 1.82 bits per heavy atom. The molecular weight excluding hydrogens is 562 g/mol. The predicted molar refractivity (Wildman–Crippen MR) is 168 cm³/mol. The van der Waals surface area contributed by atoms with Gasteiger partial charge in [0.2, 0.25) is 0 Å². The first-order chi connectivity index (χ1) is 21.5. The van der Waals surface area contributed by atoms with Crippen molar-refractivity contribution in [3.63, 3.8) is 0 Å². The van der Waals surface area contributed by atoms with Gasteiger partial charge in [-0.15, -0.1) is 0 Å². The molecule has 44 heavy (non-hydrogen) atoms. The maximum atomic E-state index is 13.1. The summed E-state index contributed by atoms with van der Waals surface area (Å²) in [6.45, 7) is 3.79. The smallest absolute Gasteiger partial charge is 0.325 e. The third kappa shape index (κ3) is 7.54. The lowest BCUT2D eigenvalue weighted by molar-refractivity contribution is 0.102. The first kappa shape index (κ1) is 31.0. The number of β-amino-alcohol motifs (C(OH)–C–C–N with tert-alkyl or cyclic N) is 1. The second-order valence-electron chi connectivity index (χ2n) is 10.7. The summed E-state index contributed by atoms with van der Waals surface area (Å²) in [5, 5.41) is 15.5. The summed E-state index contributed by atoms with van der Waals surface area (Å²) in [6.07, 6.45) is 6.01. The van der Waals surface area contributed by atoms with Gasteiger partial charge in [-0.2, -0.15) is 0 Å². The molecular formula is C33H39N5O6. The molecule has 5 rings (SSSR count). The Bertz CT molecular complexity index is 1560. The SMILES string of the molecule is CNC(=O)n1ccc2cc(Oc3ccnc(NC(=O)c4ccc(C5CCN(CCO)CC5)cc4)c3)c(OCCCOC)cc21. The van der Waals surface area contributed by atoms with E-state index < -0.39 is 0 Å². The number of carbonyl (C=O) groups excluding carboxylic acids is 2. The van der Waals surface area contributed by atoms with Crippen LogP contribution in [-0.2, 0) is 4.74 Å². The van der Waals surface area contributed by atoms with Crippen LogP contribution in [0.3, 0.4) is 0 Å². The van der Waals surface area contributed by atoms with Gasteiger partial charge in [0.05, 0.1) is 18.7 Å². The molecule has 1 fully saturated rings. The number of aliphatic hydroxyl groups is 1. The van der Waals surface area contributed by atoms with Gasteiger partial charge >= 0.3 is 6.03 Å². The highest BCUT2D eigenvalue weighted by molar-refractivity contribution is 6.03. The van der Waals surface area contributed by atoms with Gasteiger partial charge < -0.3 is 34.9 Å². The van der Waals surface area contributed by atoms with Crippen molar-refractivity contribution < 1.29 is 28.9 Å². The first-order valence-electron chi connectivity index (χ1n) is 14.9. The number of pyridine rings is 1. The molecule has 4 aromatic rings. The van der Waals surface area contributed by atoms with E-state index in [1.807, 2.05) is 36.4 Å². The fourth-order valence-corrected chi connectivity index (χ4v) is 5.41. The highest BCUT2D eigenvalue weighted by Gasteiger charge is 2.21. The van der Waals surface area contributed by atoms with Crippen LogP contribution in [0.1, 0.15) is 41.1 Å². The molecule has 0 atom stereocenters. The van der Waals surface area contributed by atoms with Crippen molar-refractivity contribution in [2.45, 2.75) is 25.2 Å². The van der Waals surface area contributed by atoms with Gasteiger partial charge in [0.15, 0.2) is 11.5 Å². The third-order valence-corrected chi connectivity index (χ3v) is 7.79. The molecule has 0 saturated carbocycles. The van der Waals surface area contributed by atoms with E-state index >= 15 is 0 Å². The molecule has 0 radical (unpaired) electrons. The van der Waals surface area contributed by atoms with Gasteiger partial charge in [-0.05, 0) is 67.7 Å². The van der Waals surface area contributed by atoms with Crippen LogP contribution in [0.4, 0.5) is 10.6 Å². The molecule has 232 valence electrons. The molecule has 0 bridgehead atoms. The number of nitrogens with one attached hydrogen (secondary N) is 2. The normalized spacial score (nSPS) is 14.0. The van der Waals surface area contributed by atoms with E-state index in [4.69, 9.17) is 14.2 Å². The van der Waals surface area contributed by atoms with Crippen molar-refractivity contribution in [3.8, 4) is 17.2 Å². The summed E-state index contributed by atoms with van der Waals surface area (Å²) in [4.78, 5) is 32.0. The summed E-state index contributed by atoms with van der Waals surface area (Å²) < 4.78 is 18.9. The van der Waals surface area contributed by atoms with Crippen LogP contribution < -0.4 is 20.1 Å². The number of methoxy groups -OCH3 is 1. The summed E-state index contributed by atoms with van der Waals surface area (Å²) in [7, 11) is 3.21. The van der Waals surface area contributed by atoms with Crippen LogP contribution >= 0.6 is 0 Å². The minimum Gasteiger partial charge on any atom is -0.490 e. The molecule has 1 aliphatic heterocycles. The van der Waals surface area contributed by atoms with Crippen molar-refractivity contribution in [2.75, 3.05) is 58.9 Å². The van der Waals surface area contributed by atoms with E-state index in [1.54, 1.807) is 44.8 Å². The summed E-state index contributed by atoms with van der Waals surface area (Å²) in [5.41, 5.74) is 2.44. The van der Waals surface area contributed by atoms with Gasteiger partial charge in [0.25, 0.3) is 5.91 Å². The van der Waals surface area contributed by atoms with E-state index in [1.165, 1.54) is 10.1 Å². The summed E-state index contributed by atoms with van der Waals surface area (Å²) in [5.74, 6) is 1.93. The van der Waals surface area contributed by atoms with E-state index in [-0.39, 0.29) is 18.5 Å². The Labute approximate surface area is 256 Å². The fraction of sp³-hybridized carbons (Fsp3) is 0.364. The number of nitrogens with zero attached hydrogens (tertiary/aromatic N) is 3. The molecule has 3 heterocycles. The molecule has 1 aliphatic rings. The van der Waals surface area contributed by atoms with E-state index in [2.05, 4.69) is 20.5 Å². The quantitative estimate of drug-likeness (QED) is 0.197. The van der Waals surface area contributed by atoms with E-state index in [9.17, 15) is 14.7 Å². The lowest BCUT2D eigenvalue weighted by atomic mass is 9.89. The van der Waals surface area contributed by atoms with Crippen LogP contribution in [0.15, 0.2) is 67.0 Å². The molecule has 11 heteroatoms. The Balaban J connectivity index is 1.27. The molecule has 0 unspecified atom stereocenters. The third-order valence-electron chi connectivity index (χ3n) is 7.79. The lowest BCUT2D eigenvalue weighted by Gasteiger charge is -2.31. The number of aromatic nitrogens is 2. The number of hydrogen-bond acceptors (Lipinski definition) is 8. The number of ether oxygens (including phenoxy) is 3. The maximum Gasteiger partial charge on any atom is 0.325 e. The average Bonchev–Trinajstić information content (AvgIpc) is 3.46. The Morgan fingerprint density at radius 3 is 2.55 bits per heavy atom. The first-order valence-corrected chi connectivity index (χ1v) is 14.9. The van der Waals surface area contributed by atoms with Gasteiger partial charge in [-0.3, -0.25) is 9.36 Å². The minimum atomic E-state index is -0.266. The van der Waals surface area contributed by atoms with Crippen molar-refractivity contribution in [2.24, 2.45) is 0 Å². The van der Waals surface area contributed by atoms with Crippen molar-refractivity contribution >= 4 is 28.7 Å². The van der Waals surface area contributed by atoms with Crippen LogP contribution in [0.5, 0.6) is 17.2 Å². The number of hydrogen-bond donors (Lipinski definition) is 3. The zero-order valence-electron chi connectivity index (χ0n) is 25.1. The number of carbonyl (C=O) groups is 2. The second-order valence-corrected chi connectivity index (χ2v) is 10.7. The average molecular weight is 602 g/mol. The van der Waals surface area contributed by atoms with Crippen molar-refractivity contribution in [1.82, 2.24) is 19.8 Å². The Hall–Kier alpha value is -4.45. The van der Waals surface area contributed by atoms with Gasteiger partial charge in [-0.1, -0.05) is 12.1 Å². The number of rotatable bonds is 12. The molecule has 11 nitrogen and oxygen atoms in total. The summed E-state index contributed by atoms with van der Waals surface area (Å²) in [6, 6.07) is 16.3. The van der Waals surface area contributed by atoms with E-state index in [0.717, 1.165) is 37.9 Å². The summed E-state index contributed by atoms with van der Waals surface area (Å²) >= 11 is 0. The standard InChI is InChI=1S/C33H39N5O6/c1-34-33(41)38-15-11-26-20-30(29(22-28(26)38)43-19-3-18-42-2)44-27-8-12-35-31(21-27)36-32(40)25-6-4-23(5-7-25)24-9-13-37(14-10-24)16-17-39/h4-8,11-12,15,20-22,24,39H,3,9-10,13-14,16-19H2,1-2H3,(H,34,41)(H,35,36,40). The molecule has 3 N–H and O–H groups in total. The van der Waals surface area contributed by atoms with Crippen molar-refractivity contribution in [3.05, 3.63) is 78.1 Å². The monoisotopic (exact) mass is 601 g/mol. The number of benzene rings is 2. The maximum absolute atomic E-state index is 13.1. The molecule has 0 aliphatic carbocycles. The molecule has 2 aromatic carbocycles. The van der Waals surface area contributed by atoms with Crippen LogP contribution in [0.2, 0.25) is 0 Å². The number of likely N-dealkylation sites (tertiary alicyclic amines) is 1. The minimum absolute atomic E-state index is 0.188. The fourth-order valence-electron chi connectivity index (χ4n) is 5.41. The van der Waals surface area contributed by atoms with Crippen LogP contribution in [0, 0.1) is 0 Å². The number of anilines is 1. The molecule has 0 spiro atoms. The van der Waals surface area contributed by atoms with Gasteiger partial charge in [-0.25, -0.2) is 9.78 Å². The number of fused-ring (bicyclic) bond motifs is 1. The van der Waals surface area contributed by atoms with Crippen LogP contribution in [0.25, 0.3) is 10.9 Å². The van der Waals surface area contributed by atoms with Gasteiger partial charge in [0.1, 0.15) is 11.6 Å². The molecule has 2 amide bonds. The molecule has 2 aromatic heterocycles. The number of aliphatic hydroxyl groups excluding tert-OH is 1. The Morgan fingerprint density at radius 1 is 1.02 bits per heavy atom. The zero-order chi connectivity index (χ0) is 30.9. The highest BCUT2D eigenvalue weighted by atomic mass is 16.5. The van der Waals surface area contributed by atoms with Gasteiger partial charge in [0, 0.05) is 69.2 Å². The topological polar surface area (TPSA) is 127 Å². The highest BCUT2D eigenvalue weighted by Crippen LogP contribution is 2.37. The zero-order valence-corrected chi connectivity index (χ0v) is 25.1. The second kappa shape index (κ2) is 14.8. The van der Waals surface area contributed by atoms with Crippen LogP contribution in [-0.4, -0.2) is 85.1 Å². The van der Waals surface area contributed by atoms with Crippen molar-refractivity contribution in [1.29, 1.82) is 0 Å².